The highest BCUT2D eigenvalue weighted by Gasteiger charge is 2.21. The molecule has 0 N–H and O–H groups in total. The maximum absolute atomic E-state index is 14.3. The van der Waals surface area contributed by atoms with Crippen LogP contribution in [0.1, 0.15) is 42.8 Å². The van der Waals surface area contributed by atoms with Gasteiger partial charge in [-0.3, -0.25) is 9.36 Å². The van der Waals surface area contributed by atoms with E-state index in [0.717, 1.165) is 12.8 Å². The van der Waals surface area contributed by atoms with Gasteiger partial charge in [0.25, 0.3) is 5.56 Å². The largest absolute Gasteiger partial charge is 0.338 e. The van der Waals surface area contributed by atoms with Crippen LogP contribution in [0.15, 0.2) is 56.9 Å². The summed E-state index contributed by atoms with van der Waals surface area (Å²) in [4.78, 5) is 22.4. The maximum atomic E-state index is 14.3. The van der Waals surface area contributed by atoms with E-state index in [4.69, 9.17) is 4.52 Å². The highest BCUT2D eigenvalue weighted by atomic mass is 32.2. The average Bonchev–Trinajstić information content (AvgIpc) is 3.20. The summed E-state index contributed by atoms with van der Waals surface area (Å²) in [5.74, 6) is 0.745. The van der Waals surface area contributed by atoms with Crippen LogP contribution >= 0.6 is 11.8 Å². The Morgan fingerprint density at radius 1 is 1.20 bits per heavy atom. The monoisotopic (exact) mass is 424 g/mol. The SMILES string of the molecule is CCCc1noc([C@@H](C)Sc2nc3ccccc3c(=O)n2-c2ccc(C)c(F)c2)n1. The van der Waals surface area contributed by atoms with Gasteiger partial charge in [-0.2, -0.15) is 4.98 Å². The molecule has 4 rings (SSSR count). The third kappa shape index (κ3) is 3.87. The van der Waals surface area contributed by atoms with Crippen molar-refractivity contribution in [3.05, 3.63) is 75.9 Å². The summed E-state index contributed by atoms with van der Waals surface area (Å²) in [6.07, 6.45) is 1.66. The van der Waals surface area contributed by atoms with Crippen LogP contribution in [0, 0.1) is 12.7 Å². The number of para-hydroxylation sites is 1. The van der Waals surface area contributed by atoms with Crippen molar-refractivity contribution >= 4 is 22.7 Å². The molecule has 2 heterocycles. The van der Waals surface area contributed by atoms with Gasteiger partial charge in [0.05, 0.1) is 21.8 Å². The van der Waals surface area contributed by atoms with Crippen LogP contribution in [-0.4, -0.2) is 19.7 Å². The Morgan fingerprint density at radius 2 is 2.00 bits per heavy atom. The molecule has 1 atom stereocenters. The van der Waals surface area contributed by atoms with Gasteiger partial charge in [0.2, 0.25) is 5.89 Å². The number of benzene rings is 2. The lowest BCUT2D eigenvalue weighted by molar-refractivity contribution is 0.374. The zero-order valence-corrected chi connectivity index (χ0v) is 17.7. The third-order valence-corrected chi connectivity index (χ3v) is 5.79. The fourth-order valence-electron chi connectivity index (χ4n) is 3.11. The molecule has 0 amide bonds. The standard InChI is InChI=1S/C22H21FN4O2S/c1-4-7-19-25-20(29-26-19)14(3)30-22-24-18-9-6-5-8-16(18)21(28)27(22)15-11-10-13(2)17(23)12-15/h5-6,8-12,14H,4,7H2,1-3H3/t14-/m1/s1. The van der Waals surface area contributed by atoms with Gasteiger partial charge in [-0.1, -0.05) is 42.0 Å². The Morgan fingerprint density at radius 3 is 2.77 bits per heavy atom. The number of fused-ring (bicyclic) bond motifs is 1. The minimum absolute atomic E-state index is 0.238. The number of rotatable bonds is 6. The van der Waals surface area contributed by atoms with Gasteiger partial charge in [0.1, 0.15) is 5.82 Å². The van der Waals surface area contributed by atoms with Crippen LogP contribution in [0.3, 0.4) is 0 Å². The molecule has 154 valence electrons. The first-order chi connectivity index (χ1) is 14.5. The average molecular weight is 425 g/mol. The molecule has 0 unspecified atom stereocenters. The van der Waals surface area contributed by atoms with Gasteiger partial charge in [0.15, 0.2) is 11.0 Å². The number of aryl methyl sites for hydroxylation is 2. The van der Waals surface area contributed by atoms with Crippen molar-refractivity contribution in [1.29, 1.82) is 0 Å². The molecule has 0 spiro atoms. The van der Waals surface area contributed by atoms with E-state index < -0.39 is 0 Å². The van der Waals surface area contributed by atoms with Crippen molar-refractivity contribution in [2.45, 2.75) is 44.0 Å². The minimum Gasteiger partial charge on any atom is -0.338 e. The van der Waals surface area contributed by atoms with Crippen LogP contribution in [0.25, 0.3) is 16.6 Å². The van der Waals surface area contributed by atoms with E-state index >= 15 is 0 Å². The molecule has 2 aromatic carbocycles. The molecule has 0 radical (unpaired) electrons. The smallest absolute Gasteiger partial charge is 0.266 e. The number of nitrogens with zero attached hydrogens (tertiary/aromatic N) is 4. The van der Waals surface area contributed by atoms with E-state index in [9.17, 15) is 9.18 Å². The van der Waals surface area contributed by atoms with Gasteiger partial charge in [-0.15, -0.1) is 0 Å². The Kier molecular flexibility index (Phi) is 5.67. The topological polar surface area (TPSA) is 73.8 Å². The molecule has 4 aromatic rings. The zero-order valence-electron chi connectivity index (χ0n) is 16.9. The maximum Gasteiger partial charge on any atom is 0.266 e. The first-order valence-electron chi connectivity index (χ1n) is 9.75. The van der Waals surface area contributed by atoms with Gasteiger partial charge >= 0.3 is 0 Å². The molecular weight excluding hydrogens is 403 g/mol. The molecule has 0 aliphatic rings. The molecule has 0 bridgehead atoms. The number of hydrogen-bond donors (Lipinski definition) is 0. The third-order valence-electron chi connectivity index (χ3n) is 4.75. The second-order valence-corrected chi connectivity index (χ2v) is 8.35. The molecule has 0 fully saturated rings. The minimum atomic E-state index is -0.377. The summed E-state index contributed by atoms with van der Waals surface area (Å²) in [5.41, 5.74) is 1.26. The fraction of sp³-hybridized carbons (Fsp3) is 0.273. The van der Waals surface area contributed by atoms with Crippen molar-refractivity contribution < 1.29 is 8.91 Å². The summed E-state index contributed by atoms with van der Waals surface area (Å²) in [6, 6.07) is 11.9. The van der Waals surface area contributed by atoms with Gasteiger partial charge in [-0.25, -0.2) is 9.37 Å². The first-order valence-corrected chi connectivity index (χ1v) is 10.6. The number of aromatic nitrogens is 4. The van der Waals surface area contributed by atoms with Crippen molar-refractivity contribution in [1.82, 2.24) is 19.7 Å². The lowest BCUT2D eigenvalue weighted by Crippen LogP contribution is -2.22. The summed E-state index contributed by atoms with van der Waals surface area (Å²) in [6.45, 7) is 5.64. The number of halogens is 1. The summed E-state index contributed by atoms with van der Waals surface area (Å²) < 4.78 is 21.1. The highest BCUT2D eigenvalue weighted by Crippen LogP contribution is 2.34. The Labute approximate surface area is 177 Å². The second kappa shape index (κ2) is 8.39. The lowest BCUT2D eigenvalue weighted by Gasteiger charge is -2.15. The van der Waals surface area contributed by atoms with Crippen molar-refractivity contribution in [2.24, 2.45) is 0 Å². The Hall–Kier alpha value is -3.00. The van der Waals surface area contributed by atoms with E-state index in [0.29, 0.717) is 39.0 Å². The molecule has 2 aromatic heterocycles. The van der Waals surface area contributed by atoms with Crippen molar-refractivity contribution in [3.8, 4) is 5.69 Å². The molecule has 0 aliphatic carbocycles. The van der Waals surface area contributed by atoms with Crippen LogP contribution in [0.2, 0.25) is 0 Å². The molecule has 0 saturated heterocycles. The molecular formula is C22H21FN4O2S. The molecule has 0 saturated carbocycles. The van der Waals surface area contributed by atoms with Crippen LogP contribution < -0.4 is 5.56 Å². The Bertz CT molecular complexity index is 1270. The van der Waals surface area contributed by atoms with E-state index in [-0.39, 0.29) is 16.6 Å². The van der Waals surface area contributed by atoms with Crippen LogP contribution in [0.5, 0.6) is 0 Å². The van der Waals surface area contributed by atoms with Gasteiger partial charge in [0, 0.05) is 6.42 Å². The summed E-state index contributed by atoms with van der Waals surface area (Å²) in [5, 5.41) is 4.67. The Balaban J connectivity index is 1.82. The van der Waals surface area contributed by atoms with E-state index in [1.165, 1.54) is 22.4 Å². The lowest BCUT2D eigenvalue weighted by atomic mass is 10.2. The predicted octanol–water partition coefficient (Wildman–Crippen LogP) is 5.02. The predicted molar refractivity (Wildman–Crippen MR) is 115 cm³/mol. The first kappa shape index (κ1) is 20.3. The number of thioether (sulfide) groups is 1. The normalized spacial score (nSPS) is 12.4. The molecule has 30 heavy (non-hydrogen) atoms. The van der Waals surface area contributed by atoms with Gasteiger partial charge < -0.3 is 4.52 Å². The van der Waals surface area contributed by atoms with E-state index in [2.05, 4.69) is 15.1 Å². The fourth-order valence-corrected chi connectivity index (χ4v) is 4.06. The van der Waals surface area contributed by atoms with Crippen molar-refractivity contribution in [3.63, 3.8) is 0 Å². The summed E-state index contributed by atoms with van der Waals surface area (Å²) in [7, 11) is 0. The highest BCUT2D eigenvalue weighted by molar-refractivity contribution is 7.99. The second-order valence-electron chi connectivity index (χ2n) is 7.04. The molecule has 8 heteroatoms. The number of hydrogen-bond acceptors (Lipinski definition) is 6. The zero-order chi connectivity index (χ0) is 21.3. The van der Waals surface area contributed by atoms with E-state index in [1.807, 2.05) is 19.9 Å². The molecule has 0 aliphatic heterocycles. The van der Waals surface area contributed by atoms with Crippen LogP contribution in [0.4, 0.5) is 4.39 Å². The van der Waals surface area contributed by atoms with Crippen LogP contribution in [-0.2, 0) is 6.42 Å². The molecule has 6 nitrogen and oxygen atoms in total. The van der Waals surface area contributed by atoms with Crippen molar-refractivity contribution in [2.75, 3.05) is 0 Å². The summed E-state index contributed by atoms with van der Waals surface area (Å²) >= 11 is 1.32. The quantitative estimate of drug-likeness (QED) is 0.320. The van der Waals surface area contributed by atoms with Gasteiger partial charge in [-0.05, 0) is 50.1 Å². The van der Waals surface area contributed by atoms with E-state index in [1.54, 1.807) is 37.3 Å².